The van der Waals surface area contributed by atoms with Crippen molar-refractivity contribution in [3.8, 4) is 6.07 Å². The number of anilines is 1. The molecule has 0 aliphatic rings. The van der Waals surface area contributed by atoms with Crippen LogP contribution in [0.15, 0.2) is 17.3 Å². The third-order valence-electron chi connectivity index (χ3n) is 1.94. The van der Waals surface area contributed by atoms with Gasteiger partial charge in [0.1, 0.15) is 11.1 Å². The molecular weight excluding hydrogens is 206 g/mol. The maximum absolute atomic E-state index is 8.65. The Morgan fingerprint density at radius 2 is 2.33 bits per heavy atom. The first-order valence-electron chi connectivity index (χ1n) is 4.92. The number of pyridine rings is 1. The van der Waals surface area contributed by atoms with E-state index in [0.29, 0.717) is 17.2 Å². The Kier molecular flexibility index (Phi) is 4.44. The molecule has 0 atom stereocenters. The molecule has 0 aliphatic carbocycles. The summed E-state index contributed by atoms with van der Waals surface area (Å²) >= 11 is 1.65. The molecule has 1 aromatic heterocycles. The van der Waals surface area contributed by atoms with Gasteiger partial charge in [-0.05, 0) is 24.2 Å². The minimum Gasteiger partial charge on any atom is -0.397 e. The third kappa shape index (κ3) is 3.80. The van der Waals surface area contributed by atoms with E-state index in [2.05, 4.69) is 18.8 Å². The second-order valence-electron chi connectivity index (χ2n) is 3.76. The zero-order valence-electron chi connectivity index (χ0n) is 9.03. The molecule has 0 aromatic carbocycles. The molecule has 2 N–H and O–H groups in total. The van der Waals surface area contributed by atoms with Crippen molar-refractivity contribution in [1.29, 1.82) is 5.26 Å². The lowest BCUT2D eigenvalue weighted by atomic mass is 10.2. The lowest BCUT2D eigenvalue weighted by molar-refractivity contribution is 0.632. The van der Waals surface area contributed by atoms with Crippen molar-refractivity contribution in [2.24, 2.45) is 5.92 Å². The average Bonchev–Trinajstić information content (AvgIpc) is 2.20. The normalized spacial score (nSPS) is 10.3. The first-order chi connectivity index (χ1) is 7.13. The molecule has 1 rings (SSSR count). The molecule has 0 saturated carbocycles. The molecule has 0 unspecified atom stereocenters. The average molecular weight is 221 g/mol. The van der Waals surface area contributed by atoms with Crippen molar-refractivity contribution >= 4 is 17.4 Å². The standard InChI is InChI=1S/C11H15N3S/c1-8(2)3-4-15-11-10(13)5-9(6-12)7-14-11/h5,7-8H,3-4,13H2,1-2H3. The summed E-state index contributed by atoms with van der Waals surface area (Å²) in [6.07, 6.45) is 2.71. The van der Waals surface area contributed by atoms with Crippen molar-refractivity contribution in [3.05, 3.63) is 17.8 Å². The van der Waals surface area contributed by atoms with Gasteiger partial charge in [0.2, 0.25) is 0 Å². The maximum atomic E-state index is 8.65. The van der Waals surface area contributed by atoms with Crippen LogP contribution in [0, 0.1) is 17.2 Å². The van der Waals surface area contributed by atoms with E-state index in [-0.39, 0.29) is 0 Å². The van der Waals surface area contributed by atoms with Crippen LogP contribution < -0.4 is 5.73 Å². The number of hydrogen-bond donors (Lipinski definition) is 1. The van der Waals surface area contributed by atoms with Gasteiger partial charge in [0.05, 0.1) is 11.3 Å². The predicted octanol–water partition coefficient (Wildman–Crippen LogP) is 2.67. The molecule has 1 aromatic rings. The number of rotatable bonds is 4. The highest BCUT2D eigenvalue weighted by molar-refractivity contribution is 7.99. The number of hydrogen-bond acceptors (Lipinski definition) is 4. The van der Waals surface area contributed by atoms with E-state index in [4.69, 9.17) is 11.0 Å². The van der Waals surface area contributed by atoms with Crippen LogP contribution in [0.3, 0.4) is 0 Å². The van der Waals surface area contributed by atoms with Crippen molar-refractivity contribution in [1.82, 2.24) is 4.98 Å². The quantitative estimate of drug-likeness (QED) is 0.794. The summed E-state index contributed by atoms with van der Waals surface area (Å²) < 4.78 is 0. The van der Waals surface area contributed by atoms with Gasteiger partial charge in [-0.15, -0.1) is 11.8 Å². The molecule has 0 aliphatic heterocycles. The fourth-order valence-corrected chi connectivity index (χ4v) is 2.18. The van der Waals surface area contributed by atoms with E-state index in [9.17, 15) is 0 Å². The van der Waals surface area contributed by atoms with Crippen LogP contribution in [0.25, 0.3) is 0 Å². The minimum atomic E-state index is 0.515. The highest BCUT2D eigenvalue weighted by Gasteiger charge is 2.03. The van der Waals surface area contributed by atoms with Gasteiger partial charge in [0.15, 0.2) is 0 Å². The number of nitrogen functional groups attached to an aromatic ring is 1. The van der Waals surface area contributed by atoms with Crippen LogP contribution in [0.4, 0.5) is 5.69 Å². The molecule has 0 radical (unpaired) electrons. The van der Waals surface area contributed by atoms with Crippen LogP contribution in [0.1, 0.15) is 25.8 Å². The van der Waals surface area contributed by atoms with Crippen LogP contribution >= 0.6 is 11.8 Å². The van der Waals surface area contributed by atoms with Crippen LogP contribution in [-0.4, -0.2) is 10.7 Å². The minimum absolute atomic E-state index is 0.515. The molecule has 0 fully saturated rings. The SMILES string of the molecule is CC(C)CCSc1ncc(C#N)cc1N. The number of nitriles is 1. The van der Waals surface area contributed by atoms with Crippen LogP contribution in [-0.2, 0) is 0 Å². The maximum Gasteiger partial charge on any atom is 0.119 e. The van der Waals surface area contributed by atoms with Crippen molar-refractivity contribution in [2.75, 3.05) is 11.5 Å². The van der Waals surface area contributed by atoms with Gasteiger partial charge in [0, 0.05) is 6.20 Å². The van der Waals surface area contributed by atoms with E-state index in [1.807, 2.05) is 6.07 Å². The van der Waals surface area contributed by atoms with Gasteiger partial charge in [-0.25, -0.2) is 4.98 Å². The first-order valence-corrected chi connectivity index (χ1v) is 5.90. The van der Waals surface area contributed by atoms with Crippen LogP contribution in [0.5, 0.6) is 0 Å². The zero-order chi connectivity index (χ0) is 11.3. The third-order valence-corrected chi connectivity index (χ3v) is 3.00. The Hall–Kier alpha value is -1.21. The fraction of sp³-hybridized carbons (Fsp3) is 0.455. The second kappa shape index (κ2) is 5.62. The number of nitrogens with two attached hydrogens (primary N) is 1. The largest absolute Gasteiger partial charge is 0.397 e. The second-order valence-corrected chi connectivity index (χ2v) is 4.84. The molecule has 0 amide bonds. The van der Waals surface area contributed by atoms with Gasteiger partial charge in [-0.1, -0.05) is 13.8 Å². The summed E-state index contributed by atoms with van der Waals surface area (Å²) in [7, 11) is 0. The summed E-state index contributed by atoms with van der Waals surface area (Å²) in [5.41, 5.74) is 6.89. The van der Waals surface area contributed by atoms with Gasteiger partial charge < -0.3 is 5.73 Å². The summed E-state index contributed by atoms with van der Waals surface area (Å²) in [4.78, 5) is 4.16. The number of thioether (sulfide) groups is 1. The molecule has 0 spiro atoms. The Labute approximate surface area is 94.7 Å². The Bertz CT molecular complexity index is 369. The van der Waals surface area contributed by atoms with Gasteiger partial charge in [-0.3, -0.25) is 0 Å². The molecule has 1 heterocycles. The lowest BCUT2D eigenvalue weighted by Gasteiger charge is -2.06. The smallest absolute Gasteiger partial charge is 0.119 e. The van der Waals surface area contributed by atoms with Crippen LogP contribution in [0.2, 0.25) is 0 Å². The van der Waals surface area contributed by atoms with E-state index in [1.165, 1.54) is 0 Å². The molecule has 3 nitrogen and oxygen atoms in total. The summed E-state index contributed by atoms with van der Waals surface area (Å²) in [5, 5.41) is 9.48. The lowest BCUT2D eigenvalue weighted by Crippen LogP contribution is -1.95. The number of nitrogens with zero attached hydrogens (tertiary/aromatic N) is 2. The first kappa shape index (κ1) is 11.9. The highest BCUT2D eigenvalue weighted by Crippen LogP contribution is 2.24. The van der Waals surface area contributed by atoms with Crippen molar-refractivity contribution in [2.45, 2.75) is 25.3 Å². The molecule has 15 heavy (non-hydrogen) atoms. The number of aromatic nitrogens is 1. The Morgan fingerprint density at radius 3 is 2.87 bits per heavy atom. The molecule has 0 saturated heterocycles. The Morgan fingerprint density at radius 1 is 1.60 bits per heavy atom. The molecule has 4 heteroatoms. The van der Waals surface area contributed by atoms with Gasteiger partial charge in [0.25, 0.3) is 0 Å². The summed E-state index contributed by atoms with van der Waals surface area (Å²) in [6, 6.07) is 3.69. The van der Waals surface area contributed by atoms with Gasteiger partial charge in [-0.2, -0.15) is 5.26 Å². The summed E-state index contributed by atoms with van der Waals surface area (Å²) in [5.74, 6) is 1.71. The summed E-state index contributed by atoms with van der Waals surface area (Å²) in [6.45, 7) is 4.38. The molecular formula is C11H15N3S. The van der Waals surface area contributed by atoms with E-state index in [1.54, 1.807) is 24.0 Å². The molecule has 0 bridgehead atoms. The van der Waals surface area contributed by atoms with E-state index < -0.39 is 0 Å². The predicted molar refractivity (Wildman–Crippen MR) is 63.5 cm³/mol. The topological polar surface area (TPSA) is 62.7 Å². The zero-order valence-corrected chi connectivity index (χ0v) is 9.84. The Balaban J connectivity index is 2.59. The van der Waals surface area contributed by atoms with Crippen molar-refractivity contribution in [3.63, 3.8) is 0 Å². The van der Waals surface area contributed by atoms with E-state index >= 15 is 0 Å². The van der Waals surface area contributed by atoms with Gasteiger partial charge >= 0.3 is 0 Å². The fourth-order valence-electron chi connectivity index (χ4n) is 1.04. The van der Waals surface area contributed by atoms with Crippen molar-refractivity contribution < 1.29 is 0 Å². The molecule has 80 valence electrons. The van der Waals surface area contributed by atoms with E-state index in [0.717, 1.165) is 17.2 Å². The highest BCUT2D eigenvalue weighted by atomic mass is 32.2. The monoisotopic (exact) mass is 221 g/mol.